The van der Waals surface area contributed by atoms with E-state index in [-0.39, 0.29) is 36.0 Å². The zero-order valence-electron chi connectivity index (χ0n) is 22.0. The van der Waals surface area contributed by atoms with E-state index in [1.807, 2.05) is 0 Å². The number of likely N-dealkylation sites (tertiary alicyclic amines) is 1. The molecule has 1 aromatic heterocycles. The van der Waals surface area contributed by atoms with Crippen LogP contribution in [0.2, 0.25) is 0 Å². The molecule has 2 aliphatic rings. The van der Waals surface area contributed by atoms with Crippen LogP contribution in [0, 0.1) is 11.6 Å². The number of methoxy groups -OCH3 is 1. The van der Waals surface area contributed by atoms with Crippen molar-refractivity contribution in [2.45, 2.75) is 82.6 Å². The number of rotatable bonds is 8. The zero-order valence-corrected chi connectivity index (χ0v) is 22.0. The average molecular weight is 538 g/mol. The fourth-order valence-corrected chi connectivity index (χ4v) is 5.40. The lowest BCUT2D eigenvalue weighted by atomic mass is 9.88. The number of piperidine rings is 1. The molecule has 1 aliphatic carbocycles. The third kappa shape index (κ3) is 6.64. The lowest BCUT2D eigenvalue weighted by Gasteiger charge is -2.41. The number of aromatic nitrogens is 1. The van der Waals surface area contributed by atoms with Crippen molar-refractivity contribution in [3.8, 4) is 17.0 Å². The van der Waals surface area contributed by atoms with E-state index in [1.54, 1.807) is 0 Å². The molecular formula is C28H35F4N3O3. The Labute approximate surface area is 220 Å². The van der Waals surface area contributed by atoms with Crippen LogP contribution in [0.15, 0.2) is 30.5 Å². The summed E-state index contributed by atoms with van der Waals surface area (Å²) in [6, 6.07) is 3.45. The van der Waals surface area contributed by atoms with Gasteiger partial charge in [-0.25, -0.2) is 17.6 Å². The molecule has 1 saturated heterocycles. The highest BCUT2D eigenvalue weighted by molar-refractivity contribution is 5.81. The summed E-state index contributed by atoms with van der Waals surface area (Å²) in [5.41, 5.74) is 0.642. The van der Waals surface area contributed by atoms with Crippen LogP contribution in [0.5, 0.6) is 5.75 Å². The Morgan fingerprint density at radius 3 is 2.47 bits per heavy atom. The van der Waals surface area contributed by atoms with Crippen molar-refractivity contribution in [1.82, 2.24) is 15.2 Å². The van der Waals surface area contributed by atoms with Gasteiger partial charge in [-0.1, -0.05) is 0 Å². The Bertz CT molecular complexity index is 1100. The highest BCUT2D eigenvalue weighted by Crippen LogP contribution is 2.37. The van der Waals surface area contributed by atoms with Crippen LogP contribution in [-0.4, -0.2) is 66.2 Å². The van der Waals surface area contributed by atoms with Crippen molar-refractivity contribution >= 4 is 5.91 Å². The molecule has 0 radical (unpaired) electrons. The van der Waals surface area contributed by atoms with E-state index in [2.05, 4.69) is 29.0 Å². The minimum atomic E-state index is -3.11. The maximum absolute atomic E-state index is 15.0. The third-order valence-electron chi connectivity index (χ3n) is 7.39. The highest BCUT2D eigenvalue weighted by atomic mass is 19.3. The average Bonchev–Trinajstić information content (AvgIpc) is 2.85. The number of carbonyl (C=O) groups is 1. The first kappa shape index (κ1) is 28.3. The van der Waals surface area contributed by atoms with Gasteiger partial charge in [-0.2, -0.15) is 0 Å². The molecule has 10 heteroatoms. The minimum absolute atomic E-state index is 0.127. The van der Waals surface area contributed by atoms with Crippen LogP contribution >= 0.6 is 0 Å². The van der Waals surface area contributed by atoms with Crippen LogP contribution in [0.25, 0.3) is 11.3 Å². The van der Waals surface area contributed by atoms with Crippen LogP contribution in [0.3, 0.4) is 0 Å². The topological polar surface area (TPSA) is 63.7 Å². The Morgan fingerprint density at radius 1 is 1.16 bits per heavy atom. The number of amides is 1. The quantitative estimate of drug-likeness (QED) is 0.473. The summed E-state index contributed by atoms with van der Waals surface area (Å²) in [6.07, 6.45) is 2.16. The number of halogens is 4. The summed E-state index contributed by atoms with van der Waals surface area (Å²) in [5, 5.41) is 2.53. The van der Waals surface area contributed by atoms with Gasteiger partial charge in [0.15, 0.2) is 0 Å². The number of alkyl halides is 2. The lowest BCUT2D eigenvalue weighted by Crippen LogP contribution is -2.58. The smallest absolute Gasteiger partial charge is 0.270 e. The number of benzene rings is 1. The fraction of sp³-hybridized carbons (Fsp3) is 0.571. The molecule has 1 N–H and O–H groups in total. The highest BCUT2D eigenvalue weighted by Gasteiger charge is 2.49. The summed E-state index contributed by atoms with van der Waals surface area (Å²) in [5.74, 6) is -5.16. The van der Waals surface area contributed by atoms with Gasteiger partial charge in [0.25, 0.3) is 5.92 Å². The molecule has 0 spiro atoms. The first-order valence-corrected chi connectivity index (χ1v) is 13.1. The van der Waals surface area contributed by atoms with Crippen LogP contribution in [0.1, 0.15) is 51.5 Å². The molecule has 4 rings (SSSR count). The first-order valence-electron chi connectivity index (χ1n) is 13.1. The Balaban J connectivity index is 1.48. The zero-order chi connectivity index (χ0) is 27.4. The van der Waals surface area contributed by atoms with Gasteiger partial charge >= 0.3 is 0 Å². The molecule has 2 aromatic rings. The summed E-state index contributed by atoms with van der Waals surface area (Å²) in [7, 11) is 1.35. The van der Waals surface area contributed by atoms with E-state index in [1.165, 1.54) is 19.4 Å². The van der Waals surface area contributed by atoms with Gasteiger partial charge in [0.05, 0.1) is 25.7 Å². The van der Waals surface area contributed by atoms with Crippen LogP contribution in [0.4, 0.5) is 17.6 Å². The Morgan fingerprint density at radius 2 is 1.84 bits per heavy atom. The molecule has 2 heterocycles. The SMILES string of the molecule is COc1c(CC(=O)N[C@@H]2[C@@H](OC3CCN(C(C)C)CC3)CCCC2(F)F)ccnc1-c1cc(F)cc(F)c1. The number of hydrogen-bond donors (Lipinski definition) is 1. The number of ether oxygens (including phenoxy) is 2. The van der Waals surface area contributed by atoms with Gasteiger partial charge in [0, 0.05) is 48.9 Å². The number of carbonyl (C=O) groups excluding carboxylic acids is 1. The van der Waals surface area contributed by atoms with Crippen LogP contribution < -0.4 is 10.1 Å². The molecule has 2 fully saturated rings. The Hall–Kier alpha value is -2.72. The van der Waals surface area contributed by atoms with Gasteiger partial charge in [-0.15, -0.1) is 0 Å². The monoisotopic (exact) mass is 537 g/mol. The molecule has 38 heavy (non-hydrogen) atoms. The molecule has 6 nitrogen and oxygen atoms in total. The second-order valence-electron chi connectivity index (χ2n) is 10.4. The Kier molecular flexibility index (Phi) is 8.92. The second kappa shape index (κ2) is 12.0. The number of nitrogens with zero attached hydrogens (tertiary/aromatic N) is 2. The molecule has 0 unspecified atom stereocenters. The van der Waals surface area contributed by atoms with Gasteiger partial charge in [-0.05, 0) is 57.7 Å². The fourth-order valence-electron chi connectivity index (χ4n) is 5.40. The number of hydrogen-bond acceptors (Lipinski definition) is 5. The summed E-state index contributed by atoms with van der Waals surface area (Å²) >= 11 is 0. The molecule has 1 amide bonds. The van der Waals surface area contributed by atoms with E-state index in [9.17, 15) is 13.6 Å². The van der Waals surface area contributed by atoms with Crippen LogP contribution in [-0.2, 0) is 16.0 Å². The van der Waals surface area contributed by atoms with Crippen molar-refractivity contribution in [1.29, 1.82) is 0 Å². The molecule has 2 atom stereocenters. The van der Waals surface area contributed by atoms with E-state index >= 15 is 8.78 Å². The molecule has 1 aromatic carbocycles. The molecule has 0 bridgehead atoms. The van der Waals surface area contributed by atoms with E-state index in [0.29, 0.717) is 24.4 Å². The normalized spacial score (nSPS) is 22.4. The minimum Gasteiger partial charge on any atom is -0.494 e. The molecular weight excluding hydrogens is 502 g/mol. The molecule has 1 saturated carbocycles. The van der Waals surface area contributed by atoms with Crippen molar-refractivity contribution in [3.05, 3.63) is 47.7 Å². The largest absolute Gasteiger partial charge is 0.494 e. The van der Waals surface area contributed by atoms with E-state index in [0.717, 1.165) is 44.1 Å². The second-order valence-corrected chi connectivity index (χ2v) is 10.4. The maximum Gasteiger partial charge on any atom is 0.270 e. The number of nitrogens with one attached hydrogen (secondary N) is 1. The molecule has 208 valence electrons. The van der Waals surface area contributed by atoms with Gasteiger partial charge in [0.1, 0.15) is 29.1 Å². The van der Waals surface area contributed by atoms with Gasteiger partial charge in [0.2, 0.25) is 5.91 Å². The lowest BCUT2D eigenvalue weighted by molar-refractivity contribution is -0.157. The predicted molar refractivity (Wildman–Crippen MR) is 135 cm³/mol. The first-order chi connectivity index (χ1) is 18.1. The summed E-state index contributed by atoms with van der Waals surface area (Å²) < 4.78 is 69.3. The summed E-state index contributed by atoms with van der Waals surface area (Å²) in [4.78, 5) is 19.6. The number of pyridine rings is 1. The molecule has 1 aliphatic heterocycles. The predicted octanol–water partition coefficient (Wildman–Crippen LogP) is 5.14. The van der Waals surface area contributed by atoms with Crippen molar-refractivity contribution in [2.24, 2.45) is 0 Å². The third-order valence-corrected chi connectivity index (χ3v) is 7.39. The van der Waals surface area contributed by atoms with E-state index in [4.69, 9.17) is 9.47 Å². The van der Waals surface area contributed by atoms with Crippen molar-refractivity contribution < 1.29 is 31.8 Å². The van der Waals surface area contributed by atoms with Gasteiger partial charge in [-0.3, -0.25) is 9.78 Å². The summed E-state index contributed by atoms with van der Waals surface area (Å²) in [6.45, 7) is 5.96. The van der Waals surface area contributed by atoms with Crippen molar-refractivity contribution in [2.75, 3.05) is 20.2 Å². The van der Waals surface area contributed by atoms with Crippen molar-refractivity contribution in [3.63, 3.8) is 0 Å². The maximum atomic E-state index is 15.0. The standard InChI is InChI=1S/C28H35F4N3O3/c1-17(2)35-11-7-22(8-12-35)38-23-5-4-9-28(31,32)27(23)34-24(36)15-18-6-10-33-25(26(18)37-3)19-13-20(29)16-21(30)14-19/h6,10,13-14,16-17,22-23,27H,4-5,7-9,11-12,15H2,1-3H3,(H,34,36)/t23-,27+/m0/s1. The van der Waals surface area contributed by atoms with E-state index < -0.39 is 35.6 Å². The van der Waals surface area contributed by atoms with Gasteiger partial charge < -0.3 is 19.7 Å².